The van der Waals surface area contributed by atoms with Crippen molar-refractivity contribution in [2.24, 2.45) is 7.05 Å². The molecule has 1 amide bonds. The maximum atomic E-state index is 11.9. The number of aliphatic hydroxyl groups is 1. The Morgan fingerprint density at radius 1 is 1.39 bits per heavy atom. The van der Waals surface area contributed by atoms with E-state index in [4.69, 9.17) is 5.11 Å². The maximum absolute atomic E-state index is 11.9. The van der Waals surface area contributed by atoms with E-state index in [1.807, 2.05) is 24.3 Å². The number of hydrogen-bond donors (Lipinski definition) is 2. The molecule has 0 unspecified atom stereocenters. The topological polar surface area (TPSA) is 67.2 Å². The molecule has 0 saturated heterocycles. The van der Waals surface area contributed by atoms with E-state index in [0.717, 1.165) is 11.3 Å². The Bertz CT molecular complexity index is 531. The number of carbonyl (C=O) groups excluding carboxylic acids is 1. The summed E-state index contributed by atoms with van der Waals surface area (Å²) in [6.07, 6.45) is 3.73. The SMILES string of the molecule is Cn1cncc1C(=O)Nc1ccc(CCO)cc1. The summed E-state index contributed by atoms with van der Waals surface area (Å²) in [6.45, 7) is 0.126. The molecular formula is C13H15N3O2. The molecule has 94 valence electrons. The molecule has 0 saturated carbocycles. The number of aromatic nitrogens is 2. The number of nitrogens with zero attached hydrogens (tertiary/aromatic N) is 2. The summed E-state index contributed by atoms with van der Waals surface area (Å²) in [7, 11) is 1.77. The zero-order chi connectivity index (χ0) is 13.0. The van der Waals surface area contributed by atoms with E-state index in [0.29, 0.717) is 12.1 Å². The molecule has 5 heteroatoms. The van der Waals surface area contributed by atoms with Gasteiger partial charge in [-0.3, -0.25) is 4.79 Å². The van der Waals surface area contributed by atoms with Crippen molar-refractivity contribution < 1.29 is 9.90 Å². The van der Waals surface area contributed by atoms with E-state index >= 15 is 0 Å². The normalized spacial score (nSPS) is 10.3. The molecule has 1 aromatic carbocycles. The average Bonchev–Trinajstić information content (AvgIpc) is 2.78. The van der Waals surface area contributed by atoms with Crippen LogP contribution in [0.1, 0.15) is 16.1 Å². The predicted octanol–water partition coefficient (Wildman–Crippen LogP) is 1.21. The molecule has 0 fully saturated rings. The van der Waals surface area contributed by atoms with Gasteiger partial charge in [0.05, 0.1) is 12.5 Å². The first-order valence-electron chi connectivity index (χ1n) is 5.68. The number of imidazole rings is 1. The fraction of sp³-hybridized carbons (Fsp3) is 0.231. The number of aryl methyl sites for hydroxylation is 1. The Morgan fingerprint density at radius 3 is 2.67 bits per heavy atom. The largest absolute Gasteiger partial charge is 0.396 e. The van der Waals surface area contributed by atoms with Crippen LogP contribution in [0.5, 0.6) is 0 Å². The number of amides is 1. The van der Waals surface area contributed by atoms with Crippen LogP contribution in [0.4, 0.5) is 5.69 Å². The van der Waals surface area contributed by atoms with Crippen molar-refractivity contribution in [3.05, 3.63) is 48.0 Å². The number of carbonyl (C=O) groups is 1. The average molecular weight is 245 g/mol. The third-order valence-electron chi connectivity index (χ3n) is 2.66. The van der Waals surface area contributed by atoms with Crippen LogP contribution in [0, 0.1) is 0 Å². The van der Waals surface area contributed by atoms with Crippen LogP contribution in [-0.2, 0) is 13.5 Å². The highest BCUT2D eigenvalue weighted by molar-refractivity contribution is 6.02. The van der Waals surface area contributed by atoms with Gasteiger partial charge in [0.15, 0.2) is 0 Å². The number of aliphatic hydroxyl groups excluding tert-OH is 1. The second kappa shape index (κ2) is 5.46. The molecule has 2 aromatic rings. The van der Waals surface area contributed by atoms with Gasteiger partial charge in [-0.15, -0.1) is 0 Å². The van der Waals surface area contributed by atoms with E-state index < -0.39 is 0 Å². The second-order valence-corrected chi connectivity index (χ2v) is 4.01. The molecule has 0 radical (unpaired) electrons. The Hall–Kier alpha value is -2.14. The van der Waals surface area contributed by atoms with Crippen LogP contribution in [0.2, 0.25) is 0 Å². The van der Waals surface area contributed by atoms with Crippen LogP contribution in [-0.4, -0.2) is 27.2 Å². The highest BCUT2D eigenvalue weighted by Gasteiger charge is 2.09. The van der Waals surface area contributed by atoms with Crippen LogP contribution < -0.4 is 5.32 Å². The second-order valence-electron chi connectivity index (χ2n) is 4.01. The fourth-order valence-electron chi connectivity index (χ4n) is 1.65. The lowest BCUT2D eigenvalue weighted by Gasteiger charge is -2.06. The van der Waals surface area contributed by atoms with E-state index in [1.165, 1.54) is 6.20 Å². The van der Waals surface area contributed by atoms with Gasteiger partial charge in [-0.2, -0.15) is 0 Å². The minimum Gasteiger partial charge on any atom is -0.396 e. The van der Waals surface area contributed by atoms with Crippen molar-refractivity contribution in [2.75, 3.05) is 11.9 Å². The summed E-state index contributed by atoms with van der Waals surface area (Å²) in [4.78, 5) is 15.8. The molecule has 0 bridgehead atoms. The first-order valence-corrected chi connectivity index (χ1v) is 5.68. The monoisotopic (exact) mass is 245 g/mol. The maximum Gasteiger partial charge on any atom is 0.273 e. The van der Waals surface area contributed by atoms with Gasteiger partial charge in [-0.25, -0.2) is 4.98 Å². The number of hydrogen-bond acceptors (Lipinski definition) is 3. The van der Waals surface area contributed by atoms with Gasteiger partial charge in [0.2, 0.25) is 0 Å². The Labute approximate surface area is 105 Å². The van der Waals surface area contributed by atoms with Gasteiger partial charge in [0.1, 0.15) is 5.69 Å². The van der Waals surface area contributed by atoms with E-state index in [2.05, 4.69) is 10.3 Å². The summed E-state index contributed by atoms with van der Waals surface area (Å²) in [6, 6.07) is 7.41. The Balaban J connectivity index is 2.05. The Kier molecular flexibility index (Phi) is 3.74. The van der Waals surface area contributed by atoms with Gasteiger partial charge in [-0.05, 0) is 24.1 Å². The lowest BCUT2D eigenvalue weighted by molar-refractivity contribution is 0.101. The van der Waals surface area contributed by atoms with Gasteiger partial charge in [0, 0.05) is 19.3 Å². The van der Waals surface area contributed by atoms with Crippen molar-refractivity contribution in [3.8, 4) is 0 Å². The predicted molar refractivity (Wildman–Crippen MR) is 68.4 cm³/mol. The fourth-order valence-corrected chi connectivity index (χ4v) is 1.65. The molecule has 1 aromatic heterocycles. The molecule has 18 heavy (non-hydrogen) atoms. The molecule has 5 nitrogen and oxygen atoms in total. The number of benzene rings is 1. The summed E-state index contributed by atoms with van der Waals surface area (Å²) < 4.78 is 1.66. The summed E-state index contributed by atoms with van der Waals surface area (Å²) in [5.74, 6) is -0.190. The van der Waals surface area contributed by atoms with Crippen molar-refractivity contribution in [1.29, 1.82) is 0 Å². The van der Waals surface area contributed by atoms with Crippen molar-refractivity contribution in [2.45, 2.75) is 6.42 Å². The van der Waals surface area contributed by atoms with Crippen LogP contribution in [0.15, 0.2) is 36.8 Å². The highest BCUT2D eigenvalue weighted by atomic mass is 16.2. The highest BCUT2D eigenvalue weighted by Crippen LogP contribution is 2.11. The summed E-state index contributed by atoms with van der Waals surface area (Å²) in [5.41, 5.74) is 2.27. The first-order chi connectivity index (χ1) is 8.70. The number of anilines is 1. The van der Waals surface area contributed by atoms with Gasteiger partial charge in [0.25, 0.3) is 5.91 Å². The zero-order valence-electron chi connectivity index (χ0n) is 10.1. The standard InChI is InChI=1S/C13H15N3O2/c1-16-9-14-8-12(16)13(18)15-11-4-2-10(3-5-11)6-7-17/h2-5,8-9,17H,6-7H2,1H3,(H,15,18). The van der Waals surface area contributed by atoms with E-state index in [9.17, 15) is 4.79 Å². The smallest absolute Gasteiger partial charge is 0.273 e. The van der Waals surface area contributed by atoms with Crippen LogP contribution >= 0.6 is 0 Å². The lowest BCUT2D eigenvalue weighted by atomic mass is 10.1. The van der Waals surface area contributed by atoms with Crippen LogP contribution in [0.3, 0.4) is 0 Å². The lowest BCUT2D eigenvalue weighted by Crippen LogP contribution is -2.15. The Morgan fingerprint density at radius 2 is 2.11 bits per heavy atom. The third kappa shape index (κ3) is 2.75. The van der Waals surface area contributed by atoms with Crippen LogP contribution in [0.25, 0.3) is 0 Å². The van der Waals surface area contributed by atoms with Gasteiger partial charge < -0.3 is 15.0 Å². The van der Waals surface area contributed by atoms with Crippen molar-refractivity contribution >= 4 is 11.6 Å². The molecule has 2 N–H and O–H groups in total. The quantitative estimate of drug-likeness (QED) is 0.850. The zero-order valence-corrected chi connectivity index (χ0v) is 10.1. The first kappa shape index (κ1) is 12.3. The van der Waals surface area contributed by atoms with Gasteiger partial charge >= 0.3 is 0 Å². The molecule has 1 heterocycles. The number of nitrogens with one attached hydrogen (secondary N) is 1. The molecular weight excluding hydrogens is 230 g/mol. The third-order valence-corrected chi connectivity index (χ3v) is 2.66. The minimum atomic E-state index is -0.190. The van der Waals surface area contributed by atoms with Crippen molar-refractivity contribution in [1.82, 2.24) is 9.55 Å². The number of rotatable bonds is 4. The molecule has 0 atom stereocenters. The van der Waals surface area contributed by atoms with E-state index in [-0.39, 0.29) is 12.5 Å². The molecule has 0 spiro atoms. The van der Waals surface area contributed by atoms with E-state index in [1.54, 1.807) is 17.9 Å². The molecule has 0 aliphatic rings. The summed E-state index contributed by atoms with van der Waals surface area (Å²) >= 11 is 0. The van der Waals surface area contributed by atoms with Gasteiger partial charge in [-0.1, -0.05) is 12.1 Å². The molecule has 0 aliphatic heterocycles. The van der Waals surface area contributed by atoms with Crippen molar-refractivity contribution in [3.63, 3.8) is 0 Å². The summed E-state index contributed by atoms with van der Waals surface area (Å²) in [5, 5.41) is 11.6. The molecule has 2 rings (SSSR count). The molecule has 0 aliphatic carbocycles. The minimum absolute atomic E-state index is 0.126.